The van der Waals surface area contributed by atoms with Crippen LogP contribution in [0.25, 0.3) is 0 Å². The van der Waals surface area contributed by atoms with Gasteiger partial charge in [-0.2, -0.15) is 0 Å². The molecule has 4 nitrogen and oxygen atoms in total. The summed E-state index contributed by atoms with van der Waals surface area (Å²) in [6.07, 6.45) is 2.49. The van der Waals surface area contributed by atoms with Gasteiger partial charge in [-0.25, -0.2) is 0 Å². The molecule has 1 aromatic carbocycles. The van der Waals surface area contributed by atoms with Crippen molar-refractivity contribution in [2.24, 2.45) is 0 Å². The predicted molar refractivity (Wildman–Crippen MR) is 75.0 cm³/mol. The highest BCUT2D eigenvalue weighted by Crippen LogP contribution is 2.02. The van der Waals surface area contributed by atoms with E-state index in [1.54, 1.807) is 0 Å². The van der Waals surface area contributed by atoms with Gasteiger partial charge in [0.2, 0.25) is 5.91 Å². The van der Waals surface area contributed by atoms with Crippen molar-refractivity contribution in [1.82, 2.24) is 10.6 Å². The molecule has 0 aliphatic carbocycles. The van der Waals surface area contributed by atoms with Crippen LogP contribution in [0.5, 0.6) is 0 Å². The maximum Gasteiger partial charge on any atom is 0.221 e. The second-order valence-corrected chi connectivity index (χ2v) is 4.87. The first-order valence-corrected chi connectivity index (χ1v) is 6.96. The molecular weight excluding hydrogens is 240 g/mol. The van der Waals surface area contributed by atoms with Gasteiger partial charge in [0, 0.05) is 25.6 Å². The summed E-state index contributed by atoms with van der Waals surface area (Å²) in [5, 5.41) is 6.25. The molecule has 1 saturated heterocycles. The van der Waals surface area contributed by atoms with Crippen LogP contribution in [0.1, 0.15) is 18.4 Å². The average Bonchev–Trinajstić information content (AvgIpc) is 2.46. The fraction of sp³-hybridized carbons (Fsp3) is 0.533. The zero-order valence-corrected chi connectivity index (χ0v) is 11.2. The first kappa shape index (κ1) is 14.0. The second-order valence-electron chi connectivity index (χ2n) is 4.87. The number of rotatable bonds is 6. The molecule has 0 aromatic heterocycles. The Morgan fingerprint density at radius 1 is 1.37 bits per heavy atom. The highest BCUT2D eigenvalue weighted by molar-refractivity contribution is 5.76. The molecule has 19 heavy (non-hydrogen) atoms. The monoisotopic (exact) mass is 262 g/mol. The normalized spacial score (nSPS) is 19.1. The van der Waals surface area contributed by atoms with Gasteiger partial charge in [-0.15, -0.1) is 0 Å². The van der Waals surface area contributed by atoms with Crippen molar-refractivity contribution in [2.45, 2.75) is 25.3 Å². The lowest BCUT2D eigenvalue weighted by Gasteiger charge is -2.23. The summed E-state index contributed by atoms with van der Waals surface area (Å²) in [5.74, 6) is 0.107. The van der Waals surface area contributed by atoms with Crippen molar-refractivity contribution in [3.05, 3.63) is 35.9 Å². The van der Waals surface area contributed by atoms with Gasteiger partial charge in [0.15, 0.2) is 0 Å². The molecule has 2 rings (SSSR count). The summed E-state index contributed by atoms with van der Waals surface area (Å²) in [5.41, 5.74) is 1.32. The van der Waals surface area contributed by atoms with E-state index in [-0.39, 0.29) is 11.9 Å². The number of aryl methyl sites for hydroxylation is 1. The van der Waals surface area contributed by atoms with Gasteiger partial charge in [0.05, 0.1) is 13.2 Å². The van der Waals surface area contributed by atoms with E-state index < -0.39 is 0 Å². The van der Waals surface area contributed by atoms with E-state index >= 15 is 0 Å². The summed E-state index contributed by atoms with van der Waals surface area (Å²) >= 11 is 0. The zero-order valence-electron chi connectivity index (χ0n) is 11.2. The standard InChI is InChI=1S/C15H22N2O2/c18-15(11-14-12-19-10-9-16-14)17-8-4-7-13-5-2-1-3-6-13/h1-3,5-6,14,16H,4,7-12H2,(H,17,18). The van der Waals surface area contributed by atoms with E-state index in [4.69, 9.17) is 4.74 Å². The summed E-state index contributed by atoms with van der Waals surface area (Å²) in [6, 6.07) is 10.5. The van der Waals surface area contributed by atoms with E-state index in [1.165, 1.54) is 5.56 Å². The molecule has 0 saturated carbocycles. The van der Waals surface area contributed by atoms with Crippen molar-refractivity contribution in [2.75, 3.05) is 26.3 Å². The number of carbonyl (C=O) groups is 1. The van der Waals surface area contributed by atoms with Crippen molar-refractivity contribution < 1.29 is 9.53 Å². The third-order valence-corrected chi connectivity index (χ3v) is 3.24. The summed E-state index contributed by atoms with van der Waals surface area (Å²) in [4.78, 5) is 11.7. The topological polar surface area (TPSA) is 50.4 Å². The maximum absolute atomic E-state index is 11.7. The largest absolute Gasteiger partial charge is 0.378 e. The second kappa shape index (κ2) is 7.92. The Morgan fingerprint density at radius 3 is 2.95 bits per heavy atom. The molecule has 1 atom stereocenters. The number of morpholine rings is 1. The average molecular weight is 262 g/mol. The van der Waals surface area contributed by atoms with Crippen LogP contribution in [-0.2, 0) is 16.0 Å². The molecule has 1 aromatic rings. The Morgan fingerprint density at radius 2 is 2.21 bits per heavy atom. The summed E-state index contributed by atoms with van der Waals surface area (Å²) in [6.45, 7) is 2.96. The zero-order chi connectivity index (χ0) is 13.3. The number of amides is 1. The predicted octanol–water partition coefficient (Wildman–Crippen LogP) is 1.11. The number of ether oxygens (including phenoxy) is 1. The van der Waals surface area contributed by atoms with Gasteiger partial charge in [-0.1, -0.05) is 30.3 Å². The Hall–Kier alpha value is -1.39. The third kappa shape index (κ3) is 5.41. The number of nitrogens with one attached hydrogen (secondary N) is 2. The third-order valence-electron chi connectivity index (χ3n) is 3.24. The minimum atomic E-state index is 0.107. The molecule has 4 heteroatoms. The van der Waals surface area contributed by atoms with E-state index in [0.717, 1.165) is 32.5 Å². The number of hydrogen-bond donors (Lipinski definition) is 2. The molecule has 2 N–H and O–H groups in total. The van der Waals surface area contributed by atoms with Crippen LogP contribution < -0.4 is 10.6 Å². The first-order valence-electron chi connectivity index (χ1n) is 6.96. The van der Waals surface area contributed by atoms with Gasteiger partial charge in [-0.3, -0.25) is 4.79 Å². The van der Waals surface area contributed by atoms with E-state index in [1.807, 2.05) is 18.2 Å². The van der Waals surface area contributed by atoms with Crippen LogP contribution in [0.15, 0.2) is 30.3 Å². The van der Waals surface area contributed by atoms with Crippen molar-refractivity contribution in [1.29, 1.82) is 0 Å². The molecule has 1 unspecified atom stereocenters. The maximum atomic E-state index is 11.7. The molecule has 1 aliphatic rings. The molecule has 1 heterocycles. The molecule has 104 valence electrons. The Balaban J connectivity index is 1.56. The van der Waals surface area contributed by atoms with Crippen molar-refractivity contribution in [3.8, 4) is 0 Å². The minimum absolute atomic E-state index is 0.107. The van der Waals surface area contributed by atoms with Crippen molar-refractivity contribution in [3.63, 3.8) is 0 Å². The number of benzene rings is 1. The van der Waals surface area contributed by atoms with Gasteiger partial charge < -0.3 is 15.4 Å². The van der Waals surface area contributed by atoms with E-state index in [2.05, 4.69) is 22.8 Å². The lowest BCUT2D eigenvalue weighted by molar-refractivity contribution is -0.122. The van der Waals surface area contributed by atoms with Crippen molar-refractivity contribution >= 4 is 5.91 Å². The summed E-state index contributed by atoms with van der Waals surface area (Å²) < 4.78 is 5.32. The Labute approximate surface area is 114 Å². The van der Waals surface area contributed by atoms with Crippen LogP contribution in [0.2, 0.25) is 0 Å². The van der Waals surface area contributed by atoms with Crippen LogP contribution in [0, 0.1) is 0 Å². The lowest BCUT2D eigenvalue weighted by atomic mass is 10.1. The first-order chi connectivity index (χ1) is 9.34. The molecule has 0 spiro atoms. The van der Waals surface area contributed by atoms with Crippen LogP contribution in [0.4, 0.5) is 0 Å². The molecule has 1 fully saturated rings. The van der Waals surface area contributed by atoms with E-state index in [0.29, 0.717) is 13.0 Å². The SMILES string of the molecule is O=C(CC1COCCN1)NCCCc1ccccc1. The highest BCUT2D eigenvalue weighted by atomic mass is 16.5. The highest BCUT2D eigenvalue weighted by Gasteiger charge is 2.16. The fourth-order valence-corrected chi connectivity index (χ4v) is 2.21. The van der Waals surface area contributed by atoms with Crippen LogP contribution in [0.3, 0.4) is 0 Å². The molecule has 0 bridgehead atoms. The quantitative estimate of drug-likeness (QED) is 0.755. The molecular formula is C15H22N2O2. The number of hydrogen-bond acceptors (Lipinski definition) is 3. The van der Waals surface area contributed by atoms with Gasteiger partial charge in [0.25, 0.3) is 0 Å². The fourth-order valence-electron chi connectivity index (χ4n) is 2.21. The minimum Gasteiger partial charge on any atom is -0.378 e. The van der Waals surface area contributed by atoms with E-state index in [9.17, 15) is 4.79 Å². The summed E-state index contributed by atoms with van der Waals surface area (Å²) in [7, 11) is 0. The van der Waals surface area contributed by atoms with Gasteiger partial charge in [-0.05, 0) is 18.4 Å². The number of carbonyl (C=O) groups excluding carboxylic acids is 1. The van der Waals surface area contributed by atoms with Crippen LogP contribution in [-0.4, -0.2) is 38.3 Å². The van der Waals surface area contributed by atoms with Gasteiger partial charge in [0.1, 0.15) is 0 Å². The molecule has 1 aliphatic heterocycles. The molecule has 0 radical (unpaired) electrons. The van der Waals surface area contributed by atoms with Gasteiger partial charge >= 0.3 is 0 Å². The van der Waals surface area contributed by atoms with Crippen LogP contribution >= 0.6 is 0 Å². The smallest absolute Gasteiger partial charge is 0.221 e. The Bertz CT molecular complexity index is 375. The lowest BCUT2D eigenvalue weighted by Crippen LogP contribution is -2.44. The molecule has 1 amide bonds. The Kier molecular flexibility index (Phi) is 5.85.